The Morgan fingerprint density at radius 3 is 2.23 bits per heavy atom. The van der Waals surface area contributed by atoms with E-state index in [1.54, 1.807) is 30.3 Å². The molecule has 1 aromatic rings. The minimum Gasteiger partial charge on any atom is -0.480 e. The summed E-state index contributed by atoms with van der Waals surface area (Å²) < 4.78 is 4.88. The Kier molecular flexibility index (Phi) is 19.1. The van der Waals surface area contributed by atoms with Crippen molar-refractivity contribution in [2.24, 2.45) is 5.73 Å². The Morgan fingerprint density at radius 2 is 1.70 bits per heavy atom. The second-order valence-electron chi connectivity index (χ2n) is 8.82. The van der Waals surface area contributed by atoms with Gasteiger partial charge in [0.2, 0.25) is 17.7 Å². The predicted molar refractivity (Wildman–Crippen MR) is 159 cm³/mol. The number of amides is 3. The molecule has 0 saturated heterocycles. The monoisotopic (exact) mass is 574 g/mol. The van der Waals surface area contributed by atoms with Crippen LogP contribution in [-0.2, 0) is 30.3 Å². The number of carbonyl (C=O) groups is 4. The minimum atomic E-state index is -1.21. The zero-order valence-electron chi connectivity index (χ0n) is 23.9. The molecule has 1 rings (SSSR count). The normalized spacial score (nSPS) is 11.9. The summed E-state index contributed by atoms with van der Waals surface area (Å²) in [5, 5.41) is 16.1. The van der Waals surface area contributed by atoms with Crippen molar-refractivity contribution < 1.29 is 29.0 Å². The van der Waals surface area contributed by atoms with Gasteiger partial charge in [-0.3, -0.25) is 19.2 Å². The minimum absolute atomic E-state index is 0.143. The SMILES string of the molecule is C#COC/C=C(/C)C(C[C@H](N)C(=O)NCC(=O)N[C@@H](Cc1ccccc1)C(=O)NCC(=O)O)=C(C)C.CCSC. The van der Waals surface area contributed by atoms with Crippen molar-refractivity contribution in [3.05, 3.63) is 58.7 Å². The van der Waals surface area contributed by atoms with Crippen LogP contribution in [0.5, 0.6) is 0 Å². The van der Waals surface area contributed by atoms with Crippen molar-refractivity contribution in [3.63, 3.8) is 0 Å². The maximum absolute atomic E-state index is 12.5. The van der Waals surface area contributed by atoms with Crippen molar-refractivity contribution in [3.8, 4) is 12.5 Å². The lowest BCUT2D eigenvalue weighted by atomic mass is 9.95. The topological polar surface area (TPSA) is 160 Å². The maximum Gasteiger partial charge on any atom is 0.322 e. The van der Waals surface area contributed by atoms with Gasteiger partial charge in [0, 0.05) is 6.42 Å². The average molecular weight is 575 g/mol. The van der Waals surface area contributed by atoms with Gasteiger partial charge in [-0.25, -0.2) is 0 Å². The Hall–Kier alpha value is -3.75. The summed E-state index contributed by atoms with van der Waals surface area (Å²) in [6.45, 7) is 7.04. The van der Waals surface area contributed by atoms with E-state index in [1.165, 1.54) is 5.75 Å². The number of terminal acetylenes is 1. The summed E-state index contributed by atoms with van der Waals surface area (Å²) in [6, 6.07) is 6.98. The number of hydrogen-bond donors (Lipinski definition) is 5. The van der Waals surface area contributed by atoms with Gasteiger partial charge in [0.25, 0.3) is 0 Å². The number of nitrogens with one attached hydrogen (secondary N) is 3. The number of nitrogens with two attached hydrogens (primary N) is 1. The number of ether oxygens (including phenoxy) is 1. The molecule has 0 heterocycles. The molecule has 0 spiro atoms. The highest BCUT2D eigenvalue weighted by atomic mass is 32.2. The maximum atomic E-state index is 12.5. The molecule has 0 saturated carbocycles. The Labute approximate surface area is 241 Å². The number of thioether (sulfide) groups is 1. The molecule has 0 unspecified atom stereocenters. The van der Waals surface area contributed by atoms with Gasteiger partial charge in [-0.1, -0.05) is 49.3 Å². The molecule has 0 bridgehead atoms. The molecular weight excluding hydrogens is 532 g/mol. The third kappa shape index (κ3) is 16.3. The van der Waals surface area contributed by atoms with Crippen molar-refractivity contribution in [2.75, 3.05) is 31.7 Å². The van der Waals surface area contributed by atoms with Crippen molar-refractivity contribution in [2.45, 2.75) is 52.6 Å². The second kappa shape index (κ2) is 21.1. The Bertz CT molecular complexity index is 1060. The quantitative estimate of drug-likeness (QED) is 0.121. The summed E-state index contributed by atoms with van der Waals surface area (Å²) in [7, 11) is 0. The summed E-state index contributed by atoms with van der Waals surface area (Å²) in [5.41, 5.74) is 9.56. The largest absolute Gasteiger partial charge is 0.480 e. The van der Waals surface area contributed by atoms with E-state index >= 15 is 0 Å². The van der Waals surface area contributed by atoms with E-state index in [-0.39, 0.29) is 19.4 Å². The average Bonchev–Trinajstić information content (AvgIpc) is 2.93. The summed E-state index contributed by atoms with van der Waals surface area (Å²) in [5.74, 6) is -1.78. The molecule has 0 aliphatic heterocycles. The van der Waals surface area contributed by atoms with E-state index in [0.717, 1.165) is 22.3 Å². The van der Waals surface area contributed by atoms with Crippen molar-refractivity contribution in [1.29, 1.82) is 0 Å². The van der Waals surface area contributed by atoms with E-state index in [1.807, 2.05) is 38.6 Å². The van der Waals surface area contributed by atoms with E-state index < -0.39 is 48.9 Å². The summed E-state index contributed by atoms with van der Waals surface area (Å²) >= 11 is 1.86. The molecule has 6 N–H and O–H groups in total. The molecule has 0 aromatic heterocycles. The Balaban J connectivity index is 0.00000354. The van der Waals surface area contributed by atoms with Crippen LogP contribution < -0.4 is 21.7 Å². The molecule has 0 radical (unpaired) electrons. The number of benzene rings is 1. The lowest BCUT2D eigenvalue weighted by Gasteiger charge is -2.19. The van der Waals surface area contributed by atoms with Crippen LogP contribution in [0.4, 0.5) is 0 Å². The smallest absolute Gasteiger partial charge is 0.322 e. The number of aliphatic carboxylic acids is 1. The van der Waals surface area contributed by atoms with Crippen LogP contribution in [0.3, 0.4) is 0 Å². The first-order valence-corrected chi connectivity index (χ1v) is 14.1. The van der Waals surface area contributed by atoms with E-state index in [2.05, 4.69) is 35.2 Å². The van der Waals surface area contributed by atoms with Crippen LogP contribution in [0.25, 0.3) is 0 Å². The first-order valence-electron chi connectivity index (χ1n) is 12.7. The number of carboxylic acid groups (broad SMARTS) is 1. The molecule has 40 heavy (non-hydrogen) atoms. The van der Waals surface area contributed by atoms with E-state index in [0.29, 0.717) is 0 Å². The predicted octanol–water partition coefficient (Wildman–Crippen LogP) is 2.01. The van der Waals surface area contributed by atoms with Gasteiger partial charge in [0.1, 0.15) is 25.3 Å². The van der Waals surface area contributed by atoms with E-state index in [9.17, 15) is 19.2 Å². The number of allylic oxidation sites excluding steroid dienone is 2. The molecule has 0 fully saturated rings. The molecule has 11 heteroatoms. The third-order valence-corrected chi connectivity index (χ3v) is 6.03. The lowest BCUT2D eigenvalue weighted by molar-refractivity contribution is -0.138. The van der Waals surface area contributed by atoms with E-state index in [4.69, 9.17) is 22.0 Å². The summed E-state index contributed by atoms with van der Waals surface area (Å²) in [4.78, 5) is 48.3. The molecule has 3 amide bonds. The fourth-order valence-corrected chi connectivity index (χ4v) is 3.30. The first kappa shape index (κ1) is 36.2. The fourth-order valence-electron chi connectivity index (χ4n) is 3.30. The standard InChI is InChI=1S/C26H34N4O6.C3H8S/c1-5-36-12-11-18(4)20(17(2)3)14-21(27)25(34)28-15-23(31)30-22(26(35)29-16-24(32)33)13-19-9-7-6-8-10-19;1-3-4-2/h1,6-11,21-22H,12-16,27H2,2-4H3,(H,28,34)(H,29,35)(H,30,31)(H,32,33);3H2,1-2H3/b18-11-;/t21-,22-;/m0./s1. The number of carboxylic acids is 1. The zero-order valence-corrected chi connectivity index (χ0v) is 24.7. The van der Waals surface area contributed by atoms with Gasteiger partial charge in [0.15, 0.2) is 0 Å². The number of carbonyl (C=O) groups excluding carboxylic acids is 3. The van der Waals surface area contributed by atoms with Crippen LogP contribution >= 0.6 is 11.8 Å². The van der Waals surface area contributed by atoms with Crippen molar-refractivity contribution in [1.82, 2.24) is 16.0 Å². The molecule has 0 aliphatic carbocycles. The van der Waals surface area contributed by atoms with Crippen LogP contribution in [0.2, 0.25) is 0 Å². The lowest BCUT2D eigenvalue weighted by Crippen LogP contribution is -2.52. The van der Waals surface area contributed by atoms with Gasteiger partial charge in [-0.2, -0.15) is 11.8 Å². The molecule has 220 valence electrons. The van der Waals surface area contributed by atoms with Crippen LogP contribution in [0.15, 0.2) is 53.1 Å². The first-order chi connectivity index (χ1) is 19.0. The Morgan fingerprint density at radius 1 is 1.10 bits per heavy atom. The third-order valence-electron chi connectivity index (χ3n) is 5.46. The summed E-state index contributed by atoms with van der Waals surface area (Å²) in [6.07, 6.45) is 11.4. The van der Waals surface area contributed by atoms with Gasteiger partial charge in [-0.05, 0) is 62.0 Å². The highest BCUT2D eigenvalue weighted by molar-refractivity contribution is 7.98. The fraction of sp³-hybridized carbons (Fsp3) is 0.448. The van der Waals surface area contributed by atoms with Crippen molar-refractivity contribution >= 4 is 35.5 Å². The second-order valence-corrected chi connectivity index (χ2v) is 9.98. The highest BCUT2D eigenvalue weighted by Gasteiger charge is 2.23. The molecule has 1 aromatic carbocycles. The van der Waals surface area contributed by atoms with Gasteiger partial charge >= 0.3 is 5.97 Å². The molecule has 2 atom stereocenters. The van der Waals surface area contributed by atoms with Gasteiger partial charge < -0.3 is 31.5 Å². The van der Waals surface area contributed by atoms with Gasteiger partial charge in [0.05, 0.1) is 12.6 Å². The molecular formula is C29H42N4O6S. The molecule has 10 nitrogen and oxygen atoms in total. The number of rotatable bonds is 15. The van der Waals surface area contributed by atoms with Crippen LogP contribution in [0.1, 0.15) is 39.7 Å². The van der Waals surface area contributed by atoms with Crippen LogP contribution in [0, 0.1) is 12.5 Å². The molecule has 0 aliphatic rings. The van der Waals surface area contributed by atoms with Crippen LogP contribution in [-0.4, -0.2) is 72.6 Å². The zero-order chi connectivity index (χ0) is 30.5. The number of hydrogen-bond acceptors (Lipinski definition) is 7. The highest BCUT2D eigenvalue weighted by Crippen LogP contribution is 2.19. The van der Waals surface area contributed by atoms with Gasteiger partial charge in [-0.15, -0.1) is 0 Å².